The van der Waals surface area contributed by atoms with Crippen LogP contribution in [-0.2, 0) is 14.8 Å². The van der Waals surface area contributed by atoms with Gasteiger partial charge in [-0.1, -0.05) is 0 Å². The second kappa shape index (κ2) is 6.78. The summed E-state index contributed by atoms with van der Waals surface area (Å²) < 4.78 is 39.2. The number of nitrogens with one attached hydrogen (secondary N) is 1. The van der Waals surface area contributed by atoms with Crippen molar-refractivity contribution in [3.63, 3.8) is 0 Å². The molecule has 8 heteroatoms. The number of rotatable bonds is 6. The van der Waals surface area contributed by atoms with Crippen molar-refractivity contribution in [3.05, 3.63) is 24.0 Å². The van der Waals surface area contributed by atoms with E-state index in [1.165, 1.54) is 20.0 Å². The summed E-state index contributed by atoms with van der Waals surface area (Å²) in [6.45, 7) is 1.85. The molecule has 112 valence electrons. The number of halogens is 1. The summed E-state index contributed by atoms with van der Waals surface area (Å²) in [7, 11) is -2.53. The zero-order valence-electron chi connectivity index (χ0n) is 11.4. The van der Waals surface area contributed by atoms with Crippen molar-refractivity contribution in [1.82, 2.24) is 4.31 Å². The highest BCUT2D eigenvalue weighted by atomic mass is 32.2. The highest BCUT2D eigenvalue weighted by molar-refractivity contribution is 7.89. The Balaban J connectivity index is 3.04. The topological polar surface area (TPSA) is 92.5 Å². The quantitative estimate of drug-likeness (QED) is 0.811. The van der Waals surface area contributed by atoms with Gasteiger partial charge in [0.2, 0.25) is 15.9 Å². The first-order valence-corrected chi connectivity index (χ1v) is 7.46. The fraction of sp³-hybridized carbons (Fsp3) is 0.417. The molecule has 1 aromatic rings. The monoisotopic (exact) mass is 303 g/mol. The molecule has 0 fully saturated rings. The Kier molecular flexibility index (Phi) is 5.61. The minimum Gasteiger partial charge on any atom is -0.330 e. The Hall–Kier alpha value is -1.51. The zero-order chi connectivity index (χ0) is 15.3. The molecule has 0 aliphatic carbocycles. The van der Waals surface area contributed by atoms with Gasteiger partial charge in [0, 0.05) is 26.2 Å². The summed E-state index contributed by atoms with van der Waals surface area (Å²) >= 11 is 0. The van der Waals surface area contributed by atoms with Crippen molar-refractivity contribution in [2.75, 3.05) is 25.5 Å². The molecule has 0 saturated carbocycles. The summed E-state index contributed by atoms with van der Waals surface area (Å²) in [5.74, 6) is -1.27. The number of amides is 1. The van der Waals surface area contributed by atoms with Gasteiger partial charge < -0.3 is 11.1 Å². The maximum Gasteiger partial charge on any atom is 0.245 e. The van der Waals surface area contributed by atoms with Crippen LogP contribution in [0.4, 0.5) is 10.1 Å². The van der Waals surface area contributed by atoms with Gasteiger partial charge in [-0.3, -0.25) is 4.79 Å². The van der Waals surface area contributed by atoms with Gasteiger partial charge in [0.1, 0.15) is 10.7 Å². The normalized spacial score (nSPS) is 11.7. The van der Waals surface area contributed by atoms with E-state index < -0.39 is 20.7 Å². The first kappa shape index (κ1) is 16.5. The van der Waals surface area contributed by atoms with E-state index in [2.05, 4.69) is 5.32 Å². The van der Waals surface area contributed by atoms with Crippen LogP contribution in [0, 0.1) is 5.82 Å². The van der Waals surface area contributed by atoms with Gasteiger partial charge in [-0.25, -0.2) is 17.1 Å². The molecular weight excluding hydrogens is 285 g/mol. The lowest BCUT2D eigenvalue weighted by molar-refractivity contribution is -0.114. The number of nitrogens with zero attached hydrogens (tertiary/aromatic N) is 1. The Bertz CT molecular complexity index is 590. The number of carbonyl (C=O) groups excluding carboxylic acids is 1. The highest BCUT2D eigenvalue weighted by Crippen LogP contribution is 2.21. The number of hydrogen-bond donors (Lipinski definition) is 2. The van der Waals surface area contributed by atoms with Gasteiger partial charge in [0.15, 0.2) is 0 Å². The first-order valence-electron chi connectivity index (χ1n) is 6.02. The van der Waals surface area contributed by atoms with E-state index in [1.54, 1.807) is 0 Å². The molecule has 0 aliphatic rings. The lowest BCUT2D eigenvalue weighted by atomic mass is 10.3. The van der Waals surface area contributed by atoms with Crippen LogP contribution in [0.3, 0.4) is 0 Å². The van der Waals surface area contributed by atoms with Crippen molar-refractivity contribution in [3.8, 4) is 0 Å². The number of carbonyl (C=O) groups is 1. The van der Waals surface area contributed by atoms with Crippen LogP contribution in [0.2, 0.25) is 0 Å². The average molecular weight is 303 g/mol. The first-order chi connectivity index (χ1) is 9.28. The summed E-state index contributed by atoms with van der Waals surface area (Å²) in [4.78, 5) is 10.4. The molecule has 0 heterocycles. The maximum absolute atomic E-state index is 13.9. The van der Waals surface area contributed by atoms with E-state index >= 15 is 0 Å². The van der Waals surface area contributed by atoms with Crippen molar-refractivity contribution in [2.24, 2.45) is 5.73 Å². The molecule has 20 heavy (non-hydrogen) atoms. The molecule has 0 saturated heterocycles. The third-order valence-electron chi connectivity index (χ3n) is 2.62. The molecule has 0 atom stereocenters. The fourth-order valence-electron chi connectivity index (χ4n) is 1.59. The zero-order valence-corrected chi connectivity index (χ0v) is 12.2. The Labute approximate surface area is 117 Å². The van der Waals surface area contributed by atoms with Crippen LogP contribution in [0.5, 0.6) is 0 Å². The Morgan fingerprint density at radius 3 is 2.60 bits per heavy atom. The second-order valence-corrected chi connectivity index (χ2v) is 6.31. The van der Waals surface area contributed by atoms with Crippen LogP contribution in [0.25, 0.3) is 0 Å². The van der Waals surface area contributed by atoms with Crippen LogP contribution in [-0.4, -0.2) is 38.8 Å². The maximum atomic E-state index is 13.9. The largest absolute Gasteiger partial charge is 0.330 e. The molecule has 0 aliphatic heterocycles. The molecule has 1 amide bonds. The van der Waals surface area contributed by atoms with Crippen LogP contribution < -0.4 is 11.1 Å². The van der Waals surface area contributed by atoms with Gasteiger partial charge >= 0.3 is 0 Å². The lowest BCUT2D eigenvalue weighted by Crippen LogP contribution is -2.29. The number of benzene rings is 1. The van der Waals surface area contributed by atoms with Gasteiger partial charge in [-0.2, -0.15) is 0 Å². The molecule has 1 rings (SSSR count). The fourth-order valence-corrected chi connectivity index (χ4v) is 2.84. The summed E-state index contributed by atoms with van der Waals surface area (Å²) in [6.07, 6.45) is 0.487. The molecular formula is C12H18FN3O3S. The number of sulfonamides is 1. The standard InChI is InChI=1S/C12H18FN3O3S/c1-9(17)15-10-4-5-12(11(13)8-10)20(18,19)16(2)7-3-6-14/h4-5,8H,3,6-7,14H2,1-2H3,(H,15,17). The SMILES string of the molecule is CC(=O)Nc1ccc(S(=O)(=O)N(C)CCCN)c(F)c1. The van der Waals surface area contributed by atoms with Crippen LogP contribution in [0.1, 0.15) is 13.3 Å². The predicted octanol–water partition coefficient (Wildman–Crippen LogP) is 0.753. The van der Waals surface area contributed by atoms with Gasteiger partial charge in [-0.15, -0.1) is 0 Å². The van der Waals surface area contributed by atoms with Crippen molar-refractivity contribution >= 4 is 21.6 Å². The van der Waals surface area contributed by atoms with Crippen molar-refractivity contribution in [2.45, 2.75) is 18.2 Å². The second-order valence-electron chi connectivity index (χ2n) is 4.30. The van der Waals surface area contributed by atoms with E-state index in [-0.39, 0.29) is 18.1 Å². The van der Waals surface area contributed by atoms with E-state index in [4.69, 9.17) is 5.73 Å². The molecule has 0 bridgehead atoms. The number of anilines is 1. The van der Waals surface area contributed by atoms with Crippen molar-refractivity contribution in [1.29, 1.82) is 0 Å². The minimum absolute atomic E-state index is 0.207. The van der Waals surface area contributed by atoms with Crippen LogP contribution in [0.15, 0.2) is 23.1 Å². The smallest absolute Gasteiger partial charge is 0.245 e. The lowest BCUT2D eigenvalue weighted by Gasteiger charge is -2.17. The highest BCUT2D eigenvalue weighted by Gasteiger charge is 2.24. The average Bonchev–Trinajstić information content (AvgIpc) is 2.34. The third-order valence-corrected chi connectivity index (χ3v) is 4.51. The summed E-state index contributed by atoms with van der Waals surface area (Å²) in [6, 6.07) is 3.45. The molecule has 0 aromatic heterocycles. The molecule has 0 spiro atoms. The number of nitrogens with two attached hydrogens (primary N) is 1. The van der Waals surface area contributed by atoms with Crippen molar-refractivity contribution < 1.29 is 17.6 Å². The minimum atomic E-state index is -3.90. The van der Waals surface area contributed by atoms with Crippen LogP contribution >= 0.6 is 0 Å². The van der Waals surface area contributed by atoms with E-state index in [1.807, 2.05) is 0 Å². The van der Waals surface area contributed by atoms with E-state index in [0.717, 1.165) is 16.4 Å². The molecule has 6 nitrogen and oxygen atoms in total. The Morgan fingerprint density at radius 2 is 2.10 bits per heavy atom. The van der Waals surface area contributed by atoms with E-state index in [9.17, 15) is 17.6 Å². The van der Waals surface area contributed by atoms with Gasteiger partial charge in [0.25, 0.3) is 0 Å². The molecule has 1 aromatic carbocycles. The molecule has 0 unspecified atom stereocenters. The molecule has 3 N–H and O–H groups in total. The summed E-state index contributed by atoms with van der Waals surface area (Å²) in [5, 5.41) is 2.38. The Morgan fingerprint density at radius 1 is 1.45 bits per heavy atom. The predicted molar refractivity (Wildman–Crippen MR) is 74.2 cm³/mol. The van der Waals surface area contributed by atoms with E-state index in [0.29, 0.717) is 13.0 Å². The third kappa shape index (κ3) is 3.99. The number of hydrogen-bond acceptors (Lipinski definition) is 4. The molecule has 0 radical (unpaired) electrons. The van der Waals surface area contributed by atoms with Gasteiger partial charge in [0.05, 0.1) is 0 Å². The summed E-state index contributed by atoms with van der Waals surface area (Å²) in [5.41, 5.74) is 5.53. The van der Waals surface area contributed by atoms with Gasteiger partial charge in [-0.05, 0) is 31.2 Å².